The molecule has 0 atom stereocenters. The third-order valence-electron chi connectivity index (χ3n) is 3.08. The number of nitrogens with two attached hydrogens (primary N) is 1. The van der Waals surface area contributed by atoms with Gasteiger partial charge in [-0.05, 0) is 36.2 Å². The van der Waals surface area contributed by atoms with E-state index >= 15 is 0 Å². The van der Waals surface area contributed by atoms with Gasteiger partial charge in [0.2, 0.25) is 0 Å². The fourth-order valence-electron chi connectivity index (χ4n) is 1.94. The summed E-state index contributed by atoms with van der Waals surface area (Å²) in [4.78, 5) is 8.54. The molecule has 21 heavy (non-hydrogen) atoms. The van der Waals surface area contributed by atoms with Crippen LogP contribution in [0.1, 0.15) is 18.2 Å². The first-order chi connectivity index (χ1) is 10.2. The fourth-order valence-corrected chi connectivity index (χ4v) is 1.94. The summed E-state index contributed by atoms with van der Waals surface area (Å²) in [5.41, 5.74) is 8.85. The van der Waals surface area contributed by atoms with E-state index in [4.69, 9.17) is 10.5 Å². The number of guanidine groups is 1. The minimum atomic E-state index is 0.357. The van der Waals surface area contributed by atoms with Crippen LogP contribution in [0.3, 0.4) is 0 Å². The molecule has 1 aromatic carbocycles. The molecule has 0 saturated heterocycles. The normalized spacial score (nSPS) is 11.2. The van der Waals surface area contributed by atoms with Crippen molar-refractivity contribution < 1.29 is 4.74 Å². The van der Waals surface area contributed by atoms with Gasteiger partial charge >= 0.3 is 0 Å². The third-order valence-corrected chi connectivity index (χ3v) is 3.08. The van der Waals surface area contributed by atoms with E-state index in [0.717, 1.165) is 17.8 Å². The molecule has 0 bridgehead atoms. The van der Waals surface area contributed by atoms with E-state index in [9.17, 15) is 0 Å². The Morgan fingerprint density at radius 3 is 2.95 bits per heavy atom. The number of anilines is 1. The summed E-state index contributed by atoms with van der Waals surface area (Å²) in [5.74, 6) is 1.07. The first kappa shape index (κ1) is 14.8. The van der Waals surface area contributed by atoms with Crippen LogP contribution >= 0.6 is 0 Å². The summed E-state index contributed by atoms with van der Waals surface area (Å²) >= 11 is 0. The van der Waals surface area contributed by atoms with Gasteiger partial charge in [0.25, 0.3) is 0 Å². The lowest BCUT2D eigenvalue weighted by atomic mass is 10.1. The van der Waals surface area contributed by atoms with Gasteiger partial charge in [-0.2, -0.15) is 0 Å². The number of methoxy groups -OCH3 is 1. The summed E-state index contributed by atoms with van der Waals surface area (Å²) in [6.07, 6.45) is 2.69. The van der Waals surface area contributed by atoms with Crippen molar-refractivity contribution >= 4 is 11.6 Å². The summed E-state index contributed by atoms with van der Waals surface area (Å²) in [5, 5.41) is 3.08. The van der Waals surface area contributed by atoms with E-state index in [1.165, 1.54) is 5.56 Å². The molecule has 0 aliphatic heterocycles. The molecule has 0 aliphatic rings. The Balaban J connectivity index is 2.04. The Morgan fingerprint density at radius 2 is 2.19 bits per heavy atom. The van der Waals surface area contributed by atoms with Gasteiger partial charge in [-0.1, -0.05) is 19.1 Å². The Morgan fingerprint density at radius 1 is 1.33 bits per heavy atom. The Labute approximate surface area is 124 Å². The molecule has 5 nitrogen and oxygen atoms in total. The van der Waals surface area contributed by atoms with Crippen molar-refractivity contribution in [3.05, 3.63) is 53.9 Å². The van der Waals surface area contributed by atoms with Crippen LogP contribution in [0, 0.1) is 0 Å². The molecule has 0 unspecified atom stereocenters. The highest BCUT2D eigenvalue weighted by atomic mass is 16.5. The standard InChI is InChI=1S/C16H20N4O/c1-3-12-6-4-7-13(10-12)20-16(17)19-11-14-15(21-2)8-5-9-18-14/h4-10H,3,11H2,1-2H3,(H3,17,19,20). The number of pyridine rings is 1. The number of aromatic nitrogens is 1. The van der Waals surface area contributed by atoms with Crippen molar-refractivity contribution in [3.63, 3.8) is 0 Å². The first-order valence-electron chi connectivity index (χ1n) is 6.86. The molecule has 0 fully saturated rings. The summed E-state index contributed by atoms with van der Waals surface area (Å²) in [6, 6.07) is 11.8. The zero-order valence-electron chi connectivity index (χ0n) is 12.3. The van der Waals surface area contributed by atoms with Gasteiger partial charge in [0.05, 0.1) is 13.7 Å². The van der Waals surface area contributed by atoms with Gasteiger partial charge in [-0.15, -0.1) is 0 Å². The number of aryl methyl sites for hydroxylation is 1. The molecule has 3 N–H and O–H groups in total. The number of hydrogen-bond donors (Lipinski definition) is 2. The SMILES string of the molecule is CCc1cccc(NC(N)=NCc2ncccc2OC)c1. The molecule has 2 aromatic rings. The van der Waals surface area contributed by atoms with Crippen LogP contribution in [0.15, 0.2) is 47.6 Å². The second-order valence-corrected chi connectivity index (χ2v) is 4.53. The molecule has 5 heteroatoms. The Hall–Kier alpha value is -2.56. The van der Waals surface area contributed by atoms with E-state index in [1.807, 2.05) is 24.3 Å². The maximum Gasteiger partial charge on any atom is 0.193 e. The maximum absolute atomic E-state index is 5.91. The quantitative estimate of drug-likeness (QED) is 0.654. The number of aliphatic imine (C=N–C) groups is 1. The van der Waals surface area contributed by atoms with Gasteiger partial charge in [-0.3, -0.25) is 4.98 Å². The zero-order chi connectivity index (χ0) is 15.1. The minimum Gasteiger partial charge on any atom is -0.495 e. The van der Waals surface area contributed by atoms with Gasteiger partial charge in [0.15, 0.2) is 5.96 Å². The molecule has 0 spiro atoms. The van der Waals surface area contributed by atoms with Crippen molar-refractivity contribution in [2.45, 2.75) is 19.9 Å². The second-order valence-electron chi connectivity index (χ2n) is 4.53. The van der Waals surface area contributed by atoms with Gasteiger partial charge in [0.1, 0.15) is 11.4 Å². The predicted octanol–water partition coefficient (Wildman–Crippen LogP) is 2.58. The van der Waals surface area contributed by atoms with Gasteiger partial charge in [-0.25, -0.2) is 4.99 Å². The van der Waals surface area contributed by atoms with Crippen LogP contribution in [-0.2, 0) is 13.0 Å². The summed E-state index contributed by atoms with van der Waals surface area (Å²) < 4.78 is 5.23. The lowest BCUT2D eigenvalue weighted by Crippen LogP contribution is -2.22. The molecule has 110 valence electrons. The van der Waals surface area contributed by atoms with E-state index < -0.39 is 0 Å². The molecular weight excluding hydrogens is 264 g/mol. The fraction of sp³-hybridized carbons (Fsp3) is 0.250. The Kier molecular flexibility index (Phi) is 5.15. The van der Waals surface area contributed by atoms with Crippen LogP contribution in [0.4, 0.5) is 5.69 Å². The lowest BCUT2D eigenvalue weighted by molar-refractivity contribution is 0.407. The number of hydrogen-bond acceptors (Lipinski definition) is 3. The number of benzene rings is 1. The van der Waals surface area contributed by atoms with Crippen molar-refractivity contribution in [1.82, 2.24) is 4.98 Å². The molecule has 0 saturated carbocycles. The highest BCUT2D eigenvalue weighted by Crippen LogP contribution is 2.15. The molecule has 1 heterocycles. The molecule has 1 aromatic heterocycles. The summed E-state index contributed by atoms with van der Waals surface area (Å²) in [6.45, 7) is 2.49. The van der Waals surface area contributed by atoms with E-state index in [1.54, 1.807) is 13.3 Å². The first-order valence-corrected chi connectivity index (χ1v) is 6.86. The maximum atomic E-state index is 5.91. The van der Waals surface area contributed by atoms with Crippen molar-refractivity contribution in [3.8, 4) is 5.75 Å². The highest BCUT2D eigenvalue weighted by molar-refractivity contribution is 5.92. The molecule has 2 rings (SSSR count). The smallest absolute Gasteiger partial charge is 0.193 e. The third kappa shape index (κ3) is 4.21. The highest BCUT2D eigenvalue weighted by Gasteiger charge is 2.03. The summed E-state index contributed by atoms with van der Waals surface area (Å²) in [7, 11) is 1.61. The van der Waals surface area contributed by atoms with Crippen molar-refractivity contribution in [2.24, 2.45) is 10.7 Å². The molecular formula is C16H20N4O. The average molecular weight is 284 g/mol. The van der Waals surface area contributed by atoms with Crippen LogP contribution < -0.4 is 15.8 Å². The van der Waals surface area contributed by atoms with Crippen LogP contribution in [-0.4, -0.2) is 18.1 Å². The van der Waals surface area contributed by atoms with Crippen LogP contribution in [0.5, 0.6) is 5.75 Å². The van der Waals surface area contributed by atoms with E-state index in [0.29, 0.717) is 18.3 Å². The second kappa shape index (κ2) is 7.28. The molecule has 0 radical (unpaired) electrons. The minimum absolute atomic E-state index is 0.357. The van der Waals surface area contributed by atoms with Crippen LogP contribution in [0.25, 0.3) is 0 Å². The van der Waals surface area contributed by atoms with Gasteiger partial charge < -0.3 is 15.8 Å². The zero-order valence-corrected chi connectivity index (χ0v) is 12.3. The topological polar surface area (TPSA) is 72.5 Å². The molecule has 0 aliphatic carbocycles. The number of rotatable bonds is 5. The average Bonchev–Trinajstić information content (AvgIpc) is 2.53. The number of nitrogens with one attached hydrogen (secondary N) is 1. The Bertz CT molecular complexity index is 625. The van der Waals surface area contributed by atoms with E-state index in [-0.39, 0.29) is 0 Å². The van der Waals surface area contributed by atoms with Crippen molar-refractivity contribution in [2.75, 3.05) is 12.4 Å². The predicted molar refractivity (Wildman–Crippen MR) is 85.6 cm³/mol. The molecule has 0 amide bonds. The monoisotopic (exact) mass is 284 g/mol. The lowest BCUT2D eigenvalue weighted by Gasteiger charge is -2.08. The van der Waals surface area contributed by atoms with E-state index in [2.05, 4.69) is 34.3 Å². The van der Waals surface area contributed by atoms with Crippen LogP contribution in [0.2, 0.25) is 0 Å². The number of nitrogens with zero attached hydrogens (tertiary/aromatic N) is 2. The van der Waals surface area contributed by atoms with Crippen molar-refractivity contribution in [1.29, 1.82) is 0 Å². The number of ether oxygens (including phenoxy) is 1. The largest absolute Gasteiger partial charge is 0.495 e. The van der Waals surface area contributed by atoms with Gasteiger partial charge in [0, 0.05) is 11.9 Å².